The van der Waals surface area contributed by atoms with Gasteiger partial charge in [0.25, 0.3) is 0 Å². The quantitative estimate of drug-likeness (QED) is 0.932. The summed E-state index contributed by atoms with van der Waals surface area (Å²) < 4.78 is 0. The van der Waals surface area contributed by atoms with Crippen molar-refractivity contribution in [2.75, 3.05) is 23.3 Å². The molecule has 0 aliphatic carbocycles. The molecule has 4 heteroatoms. The average molecular weight is 282 g/mol. The fraction of sp³-hybridized carbons (Fsp3) is 0.412. The summed E-state index contributed by atoms with van der Waals surface area (Å²) in [6.45, 7) is 6.66. The van der Waals surface area contributed by atoms with Crippen LogP contribution in [0.4, 0.5) is 11.5 Å². The Balaban J connectivity index is 1.71. The van der Waals surface area contributed by atoms with E-state index >= 15 is 0 Å². The molecule has 1 aliphatic heterocycles. The van der Waals surface area contributed by atoms with Crippen LogP contribution in [0.3, 0.4) is 0 Å². The van der Waals surface area contributed by atoms with Gasteiger partial charge in [-0.1, -0.05) is 37.3 Å². The molecule has 4 nitrogen and oxygen atoms in total. The van der Waals surface area contributed by atoms with Gasteiger partial charge in [0.05, 0.1) is 11.9 Å². The molecule has 0 amide bonds. The van der Waals surface area contributed by atoms with Gasteiger partial charge in [-0.3, -0.25) is 0 Å². The van der Waals surface area contributed by atoms with Gasteiger partial charge in [0.15, 0.2) is 5.82 Å². The molecular formula is C17H22N4. The summed E-state index contributed by atoms with van der Waals surface area (Å²) in [7, 11) is 0. The average Bonchev–Trinajstić information content (AvgIpc) is 2.95. The summed E-state index contributed by atoms with van der Waals surface area (Å²) in [5.41, 5.74) is 2.41. The molecule has 21 heavy (non-hydrogen) atoms. The summed E-state index contributed by atoms with van der Waals surface area (Å²) in [4.78, 5) is 2.39. The molecule has 1 N–H and O–H groups in total. The smallest absolute Gasteiger partial charge is 0.151 e. The molecule has 1 fully saturated rings. The predicted octanol–water partition coefficient (Wildman–Crippen LogP) is 3.50. The van der Waals surface area contributed by atoms with Crippen LogP contribution < -0.4 is 10.2 Å². The summed E-state index contributed by atoms with van der Waals surface area (Å²) in [6.07, 6.45) is 3.11. The summed E-state index contributed by atoms with van der Waals surface area (Å²) in [5, 5.41) is 11.8. The Labute approximate surface area is 126 Å². The van der Waals surface area contributed by atoms with E-state index in [4.69, 9.17) is 0 Å². The first kappa shape index (κ1) is 13.9. The number of nitrogens with zero attached hydrogens (tertiary/aromatic N) is 3. The standard InChI is InChI=1S/C17H22N4/c1-13-8-9-21(12-13)16-10-17(20-18-11-16)19-14(2)15-6-4-3-5-7-15/h3-7,10-11,13-14H,8-9,12H2,1-2H3,(H,19,20)/t13-,14-/m1/s1. The third kappa shape index (κ3) is 3.32. The lowest BCUT2D eigenvalue weighted by molar-refractivity contribution is 0.659. The highest BCUT2D eigenvalue weighted by Crippen LogP contribution is 2.25. The molecule has 0 bridgehead atoms. The van der Waals surface area contributed by atoms with Crippen molar-refractivity contribution in [1.82, 2.24) is 10.2 Å². The van der Waals surface area contributed by atoms with E-state index < -0.39 is 0 Å². The van der Waals surface area contributed by atoms with Gasteiger partial charge in [0.1, 0.15) is 0 Å². The third-order valence-electron chi connectivity index (χ3n) is 4.09. The van der Waals surface area contributed by atoms with E-state index in [1.54, 1.807) is 0 Å². The number of nitrogens with one attached hydrogen (secondary N) is 1. The second-order valence-electron chi connectivity index (χ2n) is 5.92. The first-order chi connectivity index (χ1) is 10.2. The van der Waals surface area contributed by atoms with Crippen molar-refractivity contribution >= 4 is 11.5 Å². The Morgan fingerprint density at radius 2 is 2.10 bits per heavy atom. The Hall–Kier alpha value is -2.10. The summed E-state index contributed by atoms with van der Waals surface area (Å²) in [5.74, 6) is 1.60. The van der Waals surface area contributed by atoms with Gasteiger partial charge in [-0.15, -0.1) is 5.10 Å². The maximum absolute atomic E-state index is 4.21. The van der Waals surface area contributed by atoms with Crippen LogP contribution in [0.25, 0.3) is 0 Å². The number of anilines is 2. The number of aromatic nitrogens is 2. The first-order valence-corrected chi connectivity index (χ1v) is 7.61. The van der Waals surface area contributed by atoms with Crippen LogP contribution in [0.5, 0.6) is 0 Å². The number of benzene rings is 1. The molecule has 3 rings (SSSR count). The Morgan fingerprint density at radius 1 is 1.29 bits per heavy atom. The Kier molecular flexibility index (Phi) is 4.04. The molecule has 1 aliphatic rings. The van der Waals surface area contributed by atoms with E-state index in [9.17, 15) is 0 Å². The lowest BCUT2D eigenvalue weighted by Crippen LogP contribution is -2.20. The Morgan fingerprint density at radius 3 is 2.81 bits per heavy atom. The van der Waals surface area contributed by atoms with E-state index in [0.29, 0.717) is 0 Å². The van der Waals surface area contributed by atoms with Gasteiger partial charge >= 0.3 is 0 Å². The van der Waals surface area contributed by atoms with E-state index in [2.05, 4.69) is 64.6 Å². The van der Waals surface area contributed by atoms with Gasteiger partial charge in [0, 0.05) is 25.2 Å². The van der Waals surface area contributed by atoms with Crippen molar-refractivity contribution in [3.63, 3.8) is 0 Å². The minimum atomic E-state index is 0.216. The number of hydrogen-bond acceptors (Lipinski definition) is 4. The van der Waals surface area contributed by atoms with E-state index in [1.807, 2.05) is 12.3 Å². The molecule has 0 saturated carbocycles. The summed E-state index contributed by atoms with van der Waals surface area (Å²) >= 11 is 0. The zero-order valence-electron chi connectivity index (χ0n) is 12.7. The monoisotopic (exact) mass is 282 g/mol. The lowest BCUT2D eigenvalue weighted by Gasteiger charge is -2.19. The van der Waals surface area contributed by atoms with Crippen molar-refractivity contribution in [2.45, 2.75) is 26.3 Å². The second-order valence-corrected chi connectivity index (χ2v) is 5.92. The summed E-state index contributed by atoms with van der Waals surface area (Å²) in [6, 6.07) is 12.7. The zero-order chi connectivity index (χ0) is 14.7. The fourth-order valence-corrected chi connectivity index (χ4v) is 2.82. The molecule has 2 heterocycles. The van der Waals surface area contributed by atoms with Gasteiger partial charge in [-0.25, -0.2) is 0 Å². The molecule has 110 valence electrons. The van der Waals surface area contributed by atoms with Crippen molar-refractivity contribution in [1.29, 1.82) is 0 Å². The van der Waals surface area contributed by atoms with E-state index in [1.165, 1.54) is 12.0 Å². The van der Waals surface area contributed by atoms with Crippen LogP contribution in [0.1, 0.15) is 31.9 Å². The number of hydrogen-bond donors (Lipinski definition) is 1. The first-order valence-electron chi connectivity index (χ1n) is 7.61. The second kappa shape index (κ2) is 6.12. The molecule has 1 aromatic heterocycles. The van der Waals surface area contributed by atoms with Gasteiger partial charge in [-0.2, -0.15) is 5.10 Å². The molecular weight excluding hydrogens is 260 g/mol. The predicted molar refractivity (Wildman–Crippen MR) is 86.5 cm³/mol. The minimum absolute atomic E-state index is 0.216. The molecule has 1 saturated heterocycles. The van der Waals surface area contributed by atoms with Crippen LogP contribution in [0, 0.1) is 5.92 Å². The SMILES string of the molecule is C[C@@H]1CCN(c2cnnc(N[C@H](C)c3ccccc3)c2)C1. The molecule has 2 aromatic rings. The van der Waals surface area contributed by atoms with Gasteiger partial charge < -0.3 is 10.2 Å². The maximum Gasteiger partial charge on any atom is 0.151 e. The van der Waals surface area contributed by atoms with Crippen LogP contribution >= 0.6 is 0 Å². The third-order valence-corrected chi connectivity index (χ3v) is 4.09. The topological polar surface area (TPSA) is 41.1 Å². The highest BCUT2D eigenvalue weighted by Gasteiger charge is 2.19. The number of rotatable bonds is 4. The van der Waals surface area contributed by atoms with E-state index in [-0.39, 0.29) is 6.04 Å². The highest BCUT2D eigenvalue weighted by molar-refractivity contribution is 5.53. The van der Waals surface area contributed by atoms with Crippen LogP contribution in [-0.4, -0.2) is 23.3 Å². The van der Waals surface area contributed by atoms with Gasteiger partial charge in [-0.05, 0) is 24.8 Å². The minimum Gasteiger partial charge on any atom is -0.370 e. The lowest BCUT2D eigenvalue weighted by atomic mass is 10.1. The fourth-order valence-electron chi connectivity index (χ4n) is 2.82. The van der Waals surface area contributed by atoms with Gasteiger partial charge in [0.2, 0.25) is 0 Å². The van der Waals surface area contributed by atoms with E-state index in [0.717, 1.165) is 30.5 Å². The largest absolute Gasteiger partial charge is 0.370 e. The zero-order valence-corrected chi connectivity index (χ0v) is 12.7. The van der Waals surface area contributed by atoms with Crippen molar-refractivity contribution in [2.24, 2.45) is 5.92 Å². The van der Waals surface area contributed by atoms with Crippen molar-refractivity contribution in [3.8, 4) is 0 Å². The van der Waals surface area contributed by atoms with Crippen molar-refractivity contribution in [3.05, 3.63) is 48.2 Å². The molecule has 0 unspecified atom stereocenters. The van der Waals surface area contributed by atoms with Crippen LogP contribution in [0.2, 0.25) is 0 Å². The Bertz CT molecular complexity index is 584. The molecule has 1 aromatic carbocycles. The maximum atomic E-state index is 4.21. The normalized spacial score (nSPS) is 19.5. The molecule has 2 atom stereocenters. The van der Waals surface area contributed by atoms with Crippen LogP contribution in [0.15, 0.2) is 42.6 Å². The van der Waals surface area contributed by atoms with Crippen molar-refractivity contribution < 1.29 is 0 Å². The van der Waals surface area contributed by atoms with Crippen LogP contribution in [-0.2, 0) is 0 Å². The molecule has 0 radical (unpaired) electrons. The molecule has 0 spiro atoms. The highest BCUT2D eigenvalue weighted by atomic mass is 15.2.